The number of rotatable bonds is 3. The molecule has 1 aromatic carbocycles. The summed E-state index contributed by atoms with van der Waals surface area (Å²) in [7, 11) is 1.57. The van der Waals surface area contributed by atoms with Gasteiger partial charge >= 0.3 is 0 Å². The van der Waals surface area contributed by atoms with Gasteiger partial charge in [0.15, 0.2) is 0 Å². The first kappa shape index (κ1) is 14.3. The van der Waals surface area contributed by atoms with Gasteiger partial charge < -0.3 is 15.4 Å². The first-order valence-corrected chi connectivity index (χ1v) is 7.27. The zero-order valence-corrected chi connectivity index (χ0v) is 12.8. The van der Waals surface area contributed by atoms with Gasteiger partial charge in [-0.05, 0) is 44.5 Å². The Kier molecular flexibility index (Phi) is 4.82. The lowest BCUT2D eigenvalue weighted by molar-refractivity contribution is 0.0922. The fraction of sp³-hybridized carbons (Fsp3) is 0.500. The standard InChI is InChI=1S/C14H19BrN2O2/c1-9-7-11(5-6-16-9)17-14(18)12-4-3-10(15)8-13(12)19-2/h3-4,8-9,11,16H,5-7H2,1-2H3,(H,17,18). The lowest BCUT2D eigenvalue weighted by atomic mass is 10.00. The van der Waals surface area contributed by atoms with Crippen LogP contribution in [-0.2, 0) is 0 Å². The number of benzene rings is 1. The third-order valence-corrected chi connectivity index (χ3v) is 3.86. The highest BCUT2D eigenvalue weighted by Crippen LogP contribution is 2.23. The number of ether oxygens (including phenoxy) is 1. The molecule has 1 heterocycles. The molecule has 4 nitrogen and oxygen atoms in total. The molecular weight excluding hydrogens is 308 g/mol. The summed E-state index contributed by atoms with van der Waals surface area (Å²) in [6, 6.07) is 6.12. The van der Waals surface area contributed by atoms with Crippen LogP contribution in [0, 0.1) is 0 Å². The number of hydrogen-bond donors (Lipinski definition) is 2. The van der Waals surface area contributed by atoms with Gasteiger partial charge in [-0.15, -0.1) is 0 Å². The fourth-order valence-electron chi connectivity index (χ4n) is 2.38. The molecule has 2 unspecified atom stereocenters. The third-order valence-electron chi connectivity index (χ3n) is 3.37. The van der Waals surface area contributed by atoms with Crippen LogP contribution in [0.25, 0.3) is 0 Å². The topological polar surface area (TPSA) is 50.4 Å². The molecule has 19 heavy (non-hydrogen) atoms. The highest BCUT2D eigenvalue weighted by molar-refractivity contribution is 9.10. The summed E-state index contributed by atoms with van der Waals surface area (Å²) < 4.78 is 6.15. The Morgan fingerprint density at radius 1 is 1.53 bits per heavy atom. The predicted molar refractivity (Wildman–Crippen MR) is 78.6 cm³/mol. The van der Waals surface area contributed by atoms with Gasteiger partial charge in [-0.25, -0.2) is 0 Å². The van der Waals surface area contributed by atoms with Gasteiger partial charge in [0, 0.05) is 16.6 Å². The first-order valence-electron chi connectivity index (χ1n) is 6.48. The normalized spacial score (nSPS) is 22.9. The van der Waals surface area contributed by atoms with Crippen molar-refractivity contribution >= 4 is 21.8 Å². The van der Waals surface area contributed by atoms with E-state index in [4.69, 9.17) is 4.74 Å². The zero-order valence-electron chi connectivity index (χ0n) is 11.2. The smallest absolute Gasteiger partial charge is 0.255 e. The van der Waals surface area contributed by atoms with E-state index in [1.54, 1.807) is 19.2 Å². The summed E-state index contributed by atoms with van der Waals surface area (Å²) in [5.41, 5.74) is 0.580. The molecule has 104 valence electrons. The minimum Gasteiger partial charge on any atom is -0.496 e. The van der Waals surface area contributed by atoms with E-state index in [1.807, 2.05) is 6.07 Å². The van der Waals surface area contributed by atoms with E-state index in [0.717, 1.165) is 23.9 Å². The quantitative estimate of drug-likeness (QED) is 0.896. The Balaban J connectivity index is 2.07. The van der Waals surface area contributed by atoms with Crippen molar-refractivity contribution in [3.05, 3.63) is 28.2 Å². The van der Waals surface area contributed by atoms with Crippen LogP contribution in [0.15, 0.2) is 22.7 Å². The van der Waals surface area contributed by atoms with Crippen molar-refractivity contribution in [1.29, 1.82) is 0 Å². The number of nitrogens with one attached hydrogen (secondary N) is 2. The summed E-state index contributed by atoms with van der Waals surface area (Å²) in [5, 5.41) is 6.46. The van der Waals surface area contributed by atoms with E-state index >= 15 is 0 Å². The van der Waals surface area contributed by atoms with Crippen molar-refractivity contribution < 1.29 is 9.53 Å². The average molecular weight is 327 g/mol. The van der Waals surface area contributed by atoms with Crippen LogP contribution in [0.1, 0.15) is 30.1 Å². The molecule has 0 radical (unpaired) electrons. The van der Waals surface area contributed by atoms with Crippen molar-refractivity contribution in [1.82, 2.24) is 10.6 Å². The molecule has 1 aliphatic heterocycles. The van der Waals surface area contributed by atoms with E-state index in [1.165, 1.54) is 0 Å². The molecule has 2 rings (SSSR count). The molecule has 0 spiro atoms. The minimum atomic E-state index is -0.0662. The molecule has 0 saturated carbocycles. The van der Waals surface area contributed by atoms with Crippen LogP contribution in [-0.4, -0.2) is 31.6 Å². The summed E-state index contributed by atoms with van der Waals surface area (Å²) in [4.78, 5) is 12.3. The van der Waals surface area contributed by atoms with E-state index in [2.05, 4.69) is 33.5 Å². The van der Waals surface area contributed by atoms with Gasteiger partial charge in [-0.1, -0.05) is 15.9 Å². The molecular formula is C14H19BrN2O2. The average Bonchev–Trinajstić information content (AvgIpc) is 2.38. The Labute approximate surface area is 122 Å². The van der Waals surface area contributed by atoms with Crippen LogP contribution in [0.4, 0.5) is 0 Å². The highest BCUT2D eigenvalue weighted by Gasteiger charge is 2.21. The van der Waals surface area contributed by atoms with Crippen molar-refractivity contribution in [2.45, 2.75) is 31.8 Å². The van der Waals surface area contributed by atoms with E-state index in [0.29, 0.717) is 17.4 Å². The molecule has 0 bridgehead atoms. The molecule has 2 N–H and O–H groups in total. The molecule has 2 atom stereocenters. The first-order chi connectivity index (χ1) is 9.10. The van der Waals surface area contributed by atoms with Gasteiger partial charge in [-0.2, -0.15) is 0 Å². The van der Waals surface area contributed by atoms with Gasteiger partial charge in [0.25, 0.3) is 5.91 Å². The third kappa shape index (κ3) is 3.70. The van der Waals surface area contributed by atoms with Crippen molar-refractivity contribution in [3.8, 4) is 5.75 Å². The number of methoxy groups -OCH3 is 1. The molecule has 0 aromatic heterocycles. The number of hydrogen-bond acceptors (Lipinski definition) is 3. The van der Waals surface area contributed by atoms with Gasteiger partial charge in [0.05, 0.1) is 12.7 Å². The monoisotopic (exact) mass is 326 g/mol. The molecule has 1 amide bonds. The van der Waals surface area contributed by atoms with Gasteiger partial charge in [0.2, 0.25) is 0 Å². The number of carbonyl (C=O) groups is 1. The number of piperidine rings is 1. The Morgan fingerprint density at radius 3 is 3.00 bits per heavy atom. The molecule has 1 fully saturated rings. The number of amides is 1. The SMILES string of the molecule is COc1cc(Br)ccc1C(=O)NC1CCNC(C)C1. The van der Waals surface area contributed by atoms with Crippen molar-refractivity contribution in [2.24, 2.45) is 0 Å². The summed E-state index contributed by atoms with van der Waals surface area (Å²) in [6.07, 6.45) is 1.93. The lowest BCUT2D eigenvalue weighted by Gasteiger charge is -2.28. The van der Waals surface area contributed by atoms with Crippen molar-refractivity contribution in [2.75, 3.05) is 13.7 Å². The van der Waals surface area contributed by atoms with Crippen LogP contribution in [0.3, 0.4) is 0 Å². The molecule has 1 saturated heterocycles. The maximum Gasteiger partial charge on any atom is 0.255 e. The van der Waals surface area contributed by atoms with Gasteiger partial charge in [-0.3, -0.25) is 4.79 Å². The van der Waals surface area contributed by atoms with E-state index in [-0.39, 0.29) is 11.9 Å². The number of carbonyl (C=O) groups excluding carboxylic acids is 1. The number of halogens is 1. The second kappa shape index (κ2) is 6.39. The lowest BCUT2D eigenvalue weighted by Crippen LogP contribution is -2.46. The Morgan fingerprint density at radius 2 is 2.32 bits per heavy atom. The minimum absolute atomic E-state index is 0.0662. The van der Waals surface area contributed by atoms with E-state index in [9.17, 15) is 4.79 Å². The summed E-state index contributed by atoms with van der Waals surface area (Å²) in [5.74, 6) is 0.525. The maximum atomic E-state index is 12.3. The molecule has 0 aliphatic carbocycles. The van der Waals surface area contributed by atoms with Crippen LogP contribution < -0.4 is 15.4 Å². The molecule has 5 heteroatoms. The maximum absolute atomic E-state index is 12.3. The van der Waals surface area contributed by atoms with Crippen LogP contribution >= 0.6 is 15.9 Å². The van der Waals surface area contributed by atoms with Gasteiger partial charge in [0.1, 0.15) is 5.75 Å². The van der Waals surface area contributed by atoms with Crippen LogP contribution in [0.5, 0.6) is 5.75 Å². The molecule has 1 aromatic rings. The fourth-order valence-corrected chi connectivity index (χ4v) is 2.72. The Bertz CT molecular complexity index is 465. The molecule has 1 aliphatic rings. The van der Waals surface area contributed by atoms with Crippen LogP contribution in [0.2, 0.25) is 0 Å². The summed E-state index contributed by atoms with van der Waals surface area (Å²) >= 11 is 3.37. The second-order valence-corrected chi connectivity index (χ2v) is 5.81. The largest absolute Gasteiger partial charge is 0.496 e. The Hall–Kier alpha value is -1.07. The highest BCUT2D eigenvalue weighted by atomic mass is 79.9. The summed E-state index contributed by atoms with van der Waals surface area (Å²) in [6.45, 7) is 3.09. The second-order valence-electron chi connectivity index (χ2n) is 4.89. The predicted octanol–water partition coefficient (Wildman–Crippen LogP) is 2.33. The van der Waals surface area contributed by atoms with E-state index < -0.39 is 0 Å². The van der Waals surface area contributed by atoms with Crippen molar-refractivity contribution in [3.63, 3.8) is 0 Å². The zero-order chi connectivity index (χ0) is 13.8.